The van der Waals surface area contributed by atoms with Crippen LogP contribution in [0, 0.1) is 13.8 Å². The molecule has 0 bridgehead atoms. The second kappa shape index (κ2) is 7.91. The zero-order valence-corrected chi connectivity index (χ0v) is 17.3. The smallest absolute Gasteiger partial charge is 0.152 e. The second-order valence-corrected chi connectivity index (χ2v) is 7.88. The Hall–Kier alpha value is -3.20. The van der Waals surface area contributed by atoms with Crippen molar-refractivity contribution in [3.05, 3.63) is 143 Å². The van der Waals surface area contributed by atoms with Crippen LogP contribution in [0.4, 0.5) is 0 Å². The van der Waals surface area contributed by atoms with Gasteiger partial charge in [0.1, 0.15) is 0 Å². The predicted molar refractivity (Wildman–Crippen MR) is 121 cm³/mol. The molecule has 0 aliphatic rings. The first-order valence-electron chi connectivity index (χ1n) is 10.2. The summed E-state index contributed by atoms with van der Waals surface area (Å²) < 4.78 is 0. The van der Waals surface area contributed by atoms with Gasteiger partial charge in [0.2, 0.25) is 0 Å². The van der Waals surface area contributed by atoms with Gasteiger partial charge in [-0.1, -0.05) is 120 Å². The van der Waals surface area contributed by atoms with Crippen molar-refractivity contribution in [3.8, 4) is 0 Å². The maximum Gasteiger partial charge on any atom is 0.152 e. The lowest BCUT2D eigenvalue weighted by Gasteiger charge is -2.45. The topological polar surface area (TPSA) is 40.5 Å². The van der Waals surface area contributed by atoms with Gasteiger partial charge in [-0.05, 0) is 36.1 Å². The van der Waals surface area contributed by atoms with Crippen molar-refractivity contribution in [1.82, 2.24) is 0 Å². The van der Waals surface area contributed by atoms with Crippen LogP contribution in [0.15, 0.2) is 109 Å². The molecule has 0 fully saturated rings. The van der Waals surface area contributed by atoms with Crippen LogP contribution in [0.1, 0.15) is 33.4 Å². The number of aliphatic hydroxyl groups is 2. The minimum Gasteiger partial charge on any atom is -0.377 e. The average Bonchev–Trinajstić information content (AvgIpc) is 2.80. The van der Waals surface area contributed by atoms with Gasteiger partial charge < -0.3 is 10.2 Å². The van der Waals surface area contributed by atoms with E-state index in [9.17, 15) is 10.2 Å². The molecule has 4 aromatic rings. The molecule has 0 saturated heterocycles. The molecule has 0 amide bonds. The van der Waals surface area contributed by atoms with Crippen molar-refractivity contribution >= 4 is 0 Å². The lowest BCUT2D eigenvalue weighted by atomic mass is 9.66. The first-order valence-corrected chi connectivity index (χ1v) is 10.2. The molecule has 150 valence electrons. The highest BCUT2D eigenvalue weighted by Crippen LogP contribution is 2.49. The van der Waals surface area contributed by atoms with Crippen LogP contribution in [-0.4, -0.2) is 10.2 Å². The molecule has 2 atom stereocenters. The summed E-state index contributed by atoms with van der Waals surface area (Å²) in [6.45, 7) is 4.02. The largest absolute Gasteiger partial charge is 0.377 e. The van der Waals surface area contributed by atoms with Crippen LogP contribution in [-0.2, 0) is 11.2 Å². The molecule has 0 radical (unpaired) electrons. The van der Waals surface area contributed by atoms with Crippen LogP contribution >= 0.6 is 0 Å². The third-order valence-corrected chi connectivity index (χ3v) is 5.85. The number of aryl methyl sites for hydroxylation is 2. The Morgan fingerprint density at radius 3 is 0.967 bits per heavy atom. The summed E-state index contributed by atoms with van der Waals surface area (Å²) >= 11 is 0. The van der Waals surface area contributed by atoms with Gasteiger partial charge in [0.25, 0.3) is 0 Å². The fraction of sp³-hybridized carbons (Fsp3) is 0.143. The lowest BCUT2D eigenvalue weighted by molar-refractivity contribution is -0.113. The van der Waals surface area contributed by atoms with Gasteiger partial charge in [-0.15, -0.1) is 0 Å². The van der Waals surface area contributed by atoms with Gasteiger partial charge in [0, 0.05) is 0 Å². The molecular weight excluding hydrogens is 368 g/mol. The maximum absolute atomic E-state index is 12.5. The molecule has 0 spiro atoms. The number of benzene rings is 4. The van der Waals surface area contributed by atoms with Gasteiger partial charge >= 0.3 is 0 Å². The van der Waals surface area contributed by atoms with Crippen molar-refractivity contribution in [2.75, 3.05) is 0 Å². The highest BCUT2D eigenvalue weighted by Gasteiger charge is 2.54. The summed E-state index contributed by atoms with van der Waals surface area (Å²) in [5.74, 6) is 0. The highest BCUT2D eigenvalue weighted by atomic mass is 16.4. The van der Waals surface area contributed by atoms with Gasteiger partial charge in [0.15, 0.2) is 11.2 Å². The van der Waals surface area contributed by atoms with Gasteiger partial charge in [-0.2, -0.15) is 0 Å². The van der Waals surface area contributed by atoms with Crippen molar-refractivity contribution in [3.63, 3.8) is 0 Å². The van der Waals surface area contributed by atoms with Crippen molar-refractivity contribution in [2.24, 2.45) is 0 Å². The molecule has 0 aliphatic heterocycles. The Labute approximate surface area is 178 Å². The third kappa shape index (κ3) is 3.24. The highest BCUT2D eigenvalue weighted by molar-refractivity contribution is 5.51. The molecular formula is C28H26O2. The Morgan fingerprint density at radius 2 is 0.667 bits per heavy atom. The van der Waals surface area contributed by atoms with E-state index in [2.05, 4.69) is 0 Å². The summed E-state index contributed by atoms with van der Waals surface area (Å²) in [5.41, 5.74) is 1.27. The van der Waals surface area contributed by atoms with Crippen molar-refractivity contribution in [2.45, 2.75) is 25.0 Å². The number of rotatable bonds is 5. The molecule has 0 aliphatic carbocycles. The van der Waals surface area contributed by atoms with Gasteiger partial charge in [-0.3, -0.25) is 0 Å². The summed E-state index contributed by atoms with van der Waals surface area (Å²) in [7, 11) is 0. The quantitative estimate of drug-likeness (QED) is 0.471. The normalized spacial score (nSPS) is 15.2. The van der Waals surface area contributed by atoms with Crippen molar-refractivity contribution < 1.29 is 10.2 Å². The van der Waals surface area contributed by atoms with E-state index in [1.165, 1.54) is 0 Å². The second-order valence-electron chi connectivity index (χ2n) is 7.88. The molecule has 2 heteroatoms. The standard InChI is InChI=1S/C28H26O2/c1-21-13-17-25(18-14-21)27(29,23-9-5-3-6-10-23)28(30,24-11-7-4-8-12-24)26-19-15-22(2)16-20-26/h3-20,29-30H,1-2H3. The predicted octanol–water partition coefficient (Wildman–Crippen LogP) is 5.48. The van der Waals surface area contributed by atoms with Crippen molar-refractivity contribution in [1.29, 1.82) is 0 Å². The van der Waals surface area contributed by atoms with Crippen LogP contribution < -0.4 is 0 Å². The van der Waals surface area contributed by atoms with E-state index >= 15 is 0 Å². The first-order chi connectivity index (χ1) is 14.5. The molecule has 4 aromatic carbocycles. The Morgan fingerprint density at radius 1 is 0.400 bits per heavy atom. The van der Waals surface area contributed by atoms with E-state index in [-0.39, 0.29) is 0 Å². The lowest BCUT2D eigenvalue weighted by Crippen LogP contribution is -2.51. The fourth-order valence-corrected chi connectivity index (χ4v) is 4.12. The molecule has 0 aromatic heterocycles. The fourth-order valence-electron chi connectivity index (χ4n) is 4.12. The van der Waals surface area contributed by atoms with Crippen LogP contribution in [0.2, 0.25) is 0 Å². The SMILES string of the molecule is Cc1ccc(C(O)(c2ccccc2)C(O)(c2ccccc2)c2ccc(C)cc2)cc1. The third-order valence-electron chi connectivity index (χ3n) is 5.85. The van der Waals surface area contributed by atoms with E-state index in [1.807, 2.05) is 123 Å². The van der Waals surface area contributed by atoms with E-state index in [4.69, 9.17) is 0 Å². The van der Waals surface area contributed by atoms with E-state index in [0.29, 0.717) is 22.3 Å². The van der Waals surface area contributed by atoms with Gasteiger partial charge in [0.05, 0.1) is 0 Å². The minimum atomic E-state index is -1.71. The van der Waals surface area contributed by atoms with E-state index in [0.717, 1.165) is 11.1 Å². The molecule has 2 unspecified atom stereocenters. The Kier molecular flexibility index (Phi) is 5.29. The van der Waals surface area contributed by atoms with Crippen LogP contribution in [0.25, 0.3) is 0 Å². The minimum absolute atomic E-state index is 0.626. The monoisotopic (exact) mass is 394 g/mol. The van der Waals surface area contributed by atoms with Gasteiger partial charge in [-0.25, -0.2) is 0 Å². The number of hydrogen-bond acceptors (Lipinski definition) is 2. The maximum atomic E-state index is 12.5. The van der Waals surface area contributed by atoms with E-state index < -0.39 is 11.2 Å². The van der Waals surface area contributed by atoms with E-state index in [1.54, 1.807) is 0 Å². The number of hydrogen-bond donors (Lipinski definition) is 2. The Bertz CT molecular complexity index is 1010. The molecule has 4 rings (SSSR count). The summed E-state index contributed by atoms with van der Waals surface area (Å²) in [6, 6.07) is 34.2. The average molecular weight is 395 g/mol. The van der Waals surface area contributed by atoms with Crippen LogP contribution in [0.5, 0.6) is 0 Å². The molecule has 0 saturated carbocycles. The summed E-state index contributed by atoms with van der Waals surface area (Å²) in [4.78, 5) is 0. The Balaban J connectivity index is 2.08. The summed E-state index contributed by atoms with van der Waals surface area (Å²) in [6.07, 6.45) is 0. The molecule has 2 N–H and O–H groups in total. The zero-order valence-electron chi connectivity index (χ0n) is 17.3. The van der Waals surface area contributed by atoms with Crippen LogP contribution in [0.3, 0.4) is 0 Å². The molecule has 30 heavy (non-hydrogen) atoms. The first kappa shape index (κ1) is 20.1. The summed E-state index contributed by atoms with van der Waals surface area (Å²) in [5, 5.41) is 25.0. The molecule has 0 heterocycles. The zero-order chi connectivity index (χ0) is 21.2. The molecule has 2 nitrogen and oxygen atoms in total.